The van der Waals surface area contributed by atoms with Gasteiger partial charge in [-0.05, 0) is 19.3 Å². The van der Waals surface area contributed by atoms with Crippen molar-refractivity contribution < 1.29 is 9.21 Å². The van der Waals surface area contributed by atoms with E-state index in [0.717, 1.165) is 30.8 Å². The summed E-state index contributed by atoms with van der Waals surface area (Å²) in [6.45, 7) is 6.30. The number of Topliss-reactive ketones (excluding diaryl/α,β-unsaturated/α-hetero) is 1. The van der Waals surface area contributed by atoms with Gasteiger partial charge in [-0.15, -0.1) is 0 Å². The Morgan fingerprint density at radius 1 is 1.53 bits per heavy atom. The van der Waals surface area contributed by atoms with Crippen LogP contribution in [0.25, 0.3) is 0 Å². The van der Waals surface area contributed by atoms with Gasteiger partial charge in [0, 0.05) is 17.3 Å². The van der Waals surface area contributed by atoms with Crippen LogP contribution in [-0.2, 0) is 10.2 Å². The number of nitrogens with zero attached hydrogens (tertiary/aromatic N) is 2. The third-order valence-electron chi connectivity index (χ3n) is 3.78. The number of aromatic nitrogens is 1. The molecule has 1 aliphatic carbocycles. The molecule has 2 atom stereocenters. The number of ketones is 1. The first-order chi connectivity index (χ1) is 8.91. The number of carbonyl (C=O) groups excluding carboxylic acids is 1. The van der Waals surface area contributed by atoms with Crippen molar-refractivity contribution >= 4 is 5.78 Å². The molecule has 1 saturated carbocycles. The molecule has 0 spiro atoms. The van der Waals surface area contributed by atoms with Crippen LogP contribution in [0.1, 0.15) is 64.0 Å². The zero-order valence-corrected chi connectivity index (χ0v) is 11.8. The Balaban J connectivity index is 2.03. The molecule has 0 N–H and O–H groups in total. The summed E-state index contributed by atoms with van der Waals surface area (Å²) in [5, 5.41) is 8.57. The lowest BCUT2D eigenvalue weighted by atomic mass is 9.93. The van der Waals surface area contributed by atoms with Crippen molar-refractivity contribution in [3.63, 3.8) is 0 Å². The third kappa shape index (κ3) is 3.04. The summed E-state index contributed by atoms with van der Waals surface area (Å²) < 4.78 is 5.58. The fourth-order valence-electron chi connectivity index (χ4n) is 2.54. The Labute approximate surface area is 113 Å². The Morgan fingerprint density at radius 2 is 2.26 bits per heavy atom. The second-order valence-electron chi connectivity index (χ2n) is 6.33. The number of hydrogen-bond donors (Lipinski definition) is 0. The number of carbonyl (C=O) groups is 1. The highest BCUT2D eigenvalue weighted by Gasteiger charge is 2.33. The molecule has 0 bridgehead atoms. The monoisotopic (exact) mass is 260 g/mol. The van der Waals surface area contributed by atoms with Crippen LogP contribution in [0.2, 0.25) is 0 Å². The van der Waals surface area contributed by atoms with E-state index in [1.807, 2.05) is 6.07 Å². The molecule has 0 radical (unpaired) electrons. The summed E-state index contributed by atoms with van der Waals surface area (Å²) in [5.41, 5.74) is 0.936. The van der Waals surface area contributed by atoms with Crippen LogP contribution in [0.3, 0.4) is 0 Å². The minimum atomic E-state index is -0.0175. The fraction of sp³-hybridized carbons (Fsp3) is 0.667. The molecule has 0 saturated heterocycles. The Morgan fingerprint density at radius 3 is 2.84 bits per heavy atom. The molecule has 4 heteroatoms. The van der Waals surface area contributed by atoms with Crippen LogP contribution < -0.4 is 0 Å². The zero-order chi connectivity index (χ0) is 14.0. The van der Waals surface area contributed by atoms with Gasteiger partial charge in [0.25, 0.3) is 0 Å². The molecule has 19 heavy (non-hydrogen) atoms. The quantitative estimate of drug-likeness (QED) is 0.836. The molecular formula is C15H20N2O2. The molecular weight excluding hydrogens is 240 g/mol. The number of oxazole rings is 1. The van der Waals surface area contributed by atoms with E-state index >= 15 is 0 Å². The van der Waals surface area contributed by atoms with Gasteiger partial charge in [-0.1, -0.05) is 20.8 Å². The Kier molecular flexibility index (Phi) is 3.75. The van der Waals surface area contributed by atoms with Crippen LogP contribution in [0.5, 0.6) is 0 Å². The van der Waals surface area contributed by atoms with E-state index in [1.54, 1.807) is 6.26 Å². The lowest BCUT2D eigenvalue weighted by molar-refractivity contribution is -0.121. The summed E-state index contributed by atoms with van der Waals surface area (Å²) in [6, 6.07) is 1.93. The van der Waals surface area contributed by atoms with Gasteiger partial charge in [-0.2, -0.15) is 5.26 Å². The molecule has 0 amide bonds. The van der Waals surface area contributed by atoms with E-state index in [-0.39, 0.29) is 29.5 Å². The molecule has 2 rings (SSSR count). The SMILES string of the molecule is CC(C)(C)c1coc(C2CCC(C(=O)CC#N)C2)n1. The maximum atomic E-state index is 11.7. The molecule has 0 aromatic carbocycles. The first kappa shape index (κ1) is 13.8. The van der Waals surface area contributed by atoms with Crippen LogP contribution in [-0.4, -0.2) is 10.8 Å². The highest BCUT2D eigenvalue weighted by molar-refractivity contribution is 5.83. The highest BCUT2D eigenvalue weighted by atomic mass is 16.3. The van der Waals surface area contributed by atoms with E-state index in [2.05, 4.69) is 25.8 Å². The predicted molar refractivity (Wildman–Crippen MR) is 70.5 cm³/mol. The van der Waals surface area contributed by atoms with E-state index in [1.165, 1.54) is 0 Å². The highest BCUT2D eigenvalue weighted by Crippen LogP contribution is 2.39. The molecule has 1 aromatic heterocycles. The van der Waals surface area contributed by atoms with E-state index in [4.69, 9.17) is 9.68 Å². The smallest absolute Gasteiger partial charge is 0.197 e. The van der Waals surface area contributed by atoms with Crippen molar-refractivity contribution in [2.75, 3.05) is 0 Å². The molecule has 1 aliphatic rings. The van der Waals surface area contributed by atoms with Crippen molar-refractivity contribution in [1.82, 2.24) is 4.98 Å². The zero-order valence-electron chi connectivity index (χ0n) is 11.8. The standard InChI is InChI=1S/C15H20N2O2/c1-15(2,3)13-9-19-14(17-13)11-5-4-10(8-11)12(18)6-7-16/h9-11H,4-6,8H2,1-3H3. The topological polar surface area (TPSA) is 66.9 Å². The molecule has 1 aromatic rings. The van der Waals surface area contributed by atoms with Gasteiger partial charge in [0.15, 0.2) is 5.89 Å². The lowest BCUT2D eigenvalue weighted by Crippen LogP contribution is -2.12. The summed E-state index contributed by atoms with van der Waals surface area (Å²) >= 11 is 0. The lowest BCUT2D eigenvalue weighted by Gasteiger charge is -2.13. The minimum Gasteiger partial charge on any atom is -0.448 e. The van der Waals surface area contributed by atoms with Crippen LogP contribution in [0.4, 0.5) is 0 Å². The molecule has 1 fully saturated rings. The van der Waals surface area contributed by atoms with Gasteiger partial charge < -0.3 is 4.42 Å². The van der Waals surface area contributed by atoms with Crippen LogP contribution >= 0.6 is 0 Å². The summed E-state index contributed by atoms with van der Waals surface area (Å²) in [7, 11) is 0. The summed E-state index contributed by atoms with van der Waals surface area (Å²) in [4.78, 5) is 16.3. The summed E-state index contributed by atoms with van der Waals surface area (Å²) in [6.07, 6.45) is 4.28. The van der Waals surface area contributed by atoms with E-state index < -0.39 is 0 Å². The molecule has 4 nitrogen and oxygen atoms in total. The van der Waals surface area contributed by atoms with Crippen LogP contribution in [0, 0.1) is 17.2 Å². The Hall–Kier alpha value is -1.63. The Bertz CT molecular complexity index is 505. The second kappa shape index (κ2) is 5.16. The maximum Gasteiger partial charge on any atom is 0.197 e. The first-order valence-electron chi connectivity index (χ1n) is 6.77. The van der Waals surface area contributed by atoms with Gasteiger partial charge in [-0.3, -0.25) is 4.79 Å². The van der Waals surface area contributed by atoms with E-state index in [9.17, 15) is 4.79 Å². The number of rotatable bonds is 3. The van der Waals surface area contributed by atoms with Crippen molar-refractivity contribution in [1.29, 1.82) is 5.26 Å². The normalized spacial score (nSPS) is 23.3. The van der Waals surface area contributed by atoms with Crippen molar-refractivity contribution in [3.05, 3.63) is 17.8 Å². The fourth-order valence-corrected chi connectivity index (χ4v) is 2.54. The first-order valence-corrected chi connectivity index (χ1v) is 6.77. The van der Waals surface area contributed by atoms with Gasteiger partial charge in [0.05, 0.1) is 18.2 Å². The van der Waals surface area contributed by atoms with Gasteiger partial charge in [0.2, 0.25) is 0 Å². The van der Waals surface area contributed by atoms with Crippen LogP contribution in [0.15, 0.2) is 10.7 Å². The molecule has 2 unspecified atom stereocenters. The number of nitriles is 1. The predicted octanol–water partition coefficient (Wildman–Crippen LogP) is 3.34. The number of hydrogen-bond acceptors (Lipinski definition) is 4. The molecule has 1 heterocycles. The van der Waals surface area contributed by atoms with Gasteiger partial charge >= 0.3 is 0 Å². The molecule has 102 valence electrons. The second-order valence-corrected chi connectivity index (χ2v) is 6.33. The third-order valence-corrected chi connectivity index (χ3v) is 3.78. The maximum absolute atomic E-state index is 11.7. The van der Waals surface area contributed by atoms with Crippen molar-refractivity contribution in [2.45, 2.75) is 57.8 Å². The minimum absolute atomic E-state index is 0.00892. The van der Waals surface area contributed by atoms with E-state index in [0.29, 0.717) is 0 Å². The average Bonchev–Trinajstić information content (AvgIpc) is 2.97. The van der Waals surface area contributed by atoms with Crippen molar-refractivity contribution in [2.24, 2.45) is 5.92 Å². The van der Waals surface area contributed by atoms with Gasteiger partial charge in [-0.25, -0.2) is 4.98 Å². The largest absolute Gasteiger partial charge is 0.448 e. The van der Waals surface area contributed by atoms with Gasteiger partial charge in [0.1, 0.15) is 12.0 Å². The average molecular weight is 260 g/mol. The van der Waals surface area contributed by atoms with Crippen molar-refractivity contribution in [3.8, 4) is 6.07 Å². The summed E-state index contributed by atoms with van der Waals surface area (Å²) in [5.74, 6) is 1.04. The molecule has 0 aliphatic heterocycles.